The summed E-state index contributed by atoms with van der Waals surface area (Å²) in [6.45, 7) is -5.11. The molecule has 1 fully saturated rings. The van der Waals surface area contributed by atoms with Gasteiger partial charge in [-0.15, -0.1) is 0 Å². The zero-order valence-corrected chi connectivity index (χ0v) is 18.1. The molecule has 0 spiro atoms. The molecule has 2 aromatic rings. The van der Waals surface area contributed by atoms with E-state index >= 15 is 0 Å². The number of piperazine rings is 1. The zero-order chi connectivity index (χ0) is 24.7. The van der Waals surface area contributed by atoms with E-state index in [4.69, 9.17) is 4.74 Å². The second-order valence-electron chi connectivity index (χ2n) is 7.14. The summed E-state index contributed by atoms with van der Waals surface area (Å²) < 4.78 is 63.8. The Bertz CT molecular complexity index is 1020. The van der Waals surface area contributed by atoms with Crippen LogP contribution < -0.4 is 14.2 Å². The molecule has 1 aliphatic heterocycles. The van der Waals surface area contributed by atoms with E-state index in [-0.39, 0.29) is 30.3 Å². The fourth-order valence-electron chi connectivity index (χ4n) is 3.34. The van der Waals surface area contributed by atoms with Gasteiger partial charge in [0.05, 0.1) is 7.11 Å². The molecule has 0 aliphatic carbocycles. The van der Waals surface area contributed by atoms with E-state index < -0.39 is 24.9 Å². The summed E-state index contributed by atoms with van der Waals surface area (Å²) in [4.78, 5) is 28.3. The maximum atomic E-state index is 12.7. The molecule has 0 N–H and O–H groups in total. The van der Waals surface area contributed by atoms with E-state index in [9.17, 15) is 27.2 Å². The van der Waals surface area contributed by atoms with Crippen LogP contribution in [0.1, 0.15) is 15.9 Å². The lowest BCUT2D eigenvalue weighted by atomic mass is 10.1. The minimum atomic E-state index is -3.19. The predicted octanol–water partition coefficient (Wildman–Crippen LogP) is 3.90. The molecular weight excluding hydrogens is 460 g/mol. The van der Waals surface area contributed by atoms with Gasteiger partial charge in [-0.05, 0) is 42.5 Å². The van der Waals surface area contributed by atoms with Gasteiger partial charge in [-0.3, -0.25) is 9.59 Å². The number of methoxy groups -OCH3 is 1. The quantitative estimate of drug-likeness (QED) is 0.422. The lowest BCUT2D eigenvalue weighted by molar-refractivity contribution is -0.127. The molecule has 0 bridgehead atoms. The van der Waals surface area contributed by atoms with Gasteiger partial charge in [0.25, 0.3) is 5.91 Å². The summed E-state index contributed by atoms with van der Waals surface area (Å²) in [5.41, 5.74) is 0.592. The highest BCUT2D eigenvalue weighted by Crippen LogP contribution is 2.28. The first-order valence-electron chi connectivity index (χ1n) is 10.2. The van der Waals surface area contributed by atoms with Crippen LogP contribution in [0, 0.1) is 0 Å². The van der Waals surface area contributed by atoms with Crippen LogP contribution in [0.3, 0.4) is 0 Å². The Morgan fingerprint density at radius 1 is 0.853 bits per heavy atom. The topological polar surface area (TPSA) is 68.3 Å². The van der Waals surface area contributed by atoms with Gasteiger partial charge in [0.15, 0.2) is 0 Å². The number of halogens is 4. The van der Waals surface area contributed by atoms with Gasteiger partial charge in [-0.1, -0.05) is 0 Å². The second kappa shape index (κ2) is 11.4. The third kappa shape index (κ3) is 6.63. The Labute approximate surface area is 193 Å². The smallest absolute Gasteiger partial charge is 0.387 e. The van der Waals surface area contributed by atoms with Crippen molar-refractivity contribution in [1.82, 2.24) is 9.80 Å². The molecule has 2 amide bonds. The Hall–Kier alpha value is -3.76. The molecule has 182 valence electrons. The van der Waals surface area contributed by atoms with Crippen molar-refractivity contribution in [2.75, 3.05) is 33.3 Å². The summed E-state index contributed by atoms with van der Waals surface area (Å²) in [6.07, 6.45) is 2.42. The van der Waals surface area contributed by atoms with Gasteiger partial charge in [0.1, 0.15) is 17.2 Å². The lowest BCUT2D eigenvalue weighted by Gasteiger charge is -2.34. The molecule has 2 aromatic carbocycles. The molecule has 0 saturated carbocycles. The van der Waals surface area contributed by atoms with Crippen molar-refractivity contribution in [2.24, 2.45) is 0 Å². The van der Waals surface area contributed by atoms with Crippen LogP contribution in [-0.4, -0.2) is 68.1 Å². The van der Waals surface area contributed by atoms with Crippen molar-refractivity contribution in [1.29, 1.82) is 0 Å². The Morgan fingerprint density at radius 3 is 2.03 bits per heavy atom. The lowest BCUT2D eigenvalue weighted by Crippen LogP contribution is -2.50. The second-order valence-corrected chi connectivity index (χ2v) is 7.14. The van der Waals surface area contributed by atoms with Crippen molar-refractivity contribution in [3.8, 4) is 17.2 Å². The fourth-order valence-corrected chi connectivity index (χ4v) is 3.34. The van der Waals surface area contributed by atoms with Crippen molar-refractivity contribution >= 4 is 17.9 Å². The molecule has 11 heteroatoms. The largest absolute Gasteiger partial charge is 0.497 e. The summed E-state index contributed by atoms with van der Waals surface area (Å²) in [5, 5.41) is 0. The number of amides is 2. The van der Waals surface area contributed by atoms with Gasteiger partial charge in [-0.2, -0.15) is 17.6 Å². The van der Waals surface area contributed by atoms with Crippen molar-refractivity contribution in [2.45, 2.75) is 13.2 Å². The van der Waals surface area contributed by atoms with Gasteiger partial charge in [-0.25, -0.2) is 0 Å². The highest BCUT2D eigenvalue weighted by molar-refractivity contribution is 5.95. The van der Waals surface area contributed by atoms with E-state index in [1.165, 1.54) is 30.2 Å². The van der Waals surface area contributed by atoms with Crippen LogP contribution >= 0.6 is 0 Å². The Balaban J connectivity index is 1.60. The number of ether oxygens (including phenoxy) is 3. The molecule has 34 heavy (non-hydrogen) atoms. The number of hydrogen-bond donors (Lipinski definition) is 0. The fraction of sp³-hybridized carbons (Fsp3) is 0.304. The Morgan fingerprint density at radius 2 is 1.44 bits per heavy atom. The molecular formula is C23H22F4N2O5. The normalized spacial score (nSPS) is 14.1. The molecule has 0 radical (unpaired) electrons. The van der Waals surface area contributed by atoms with Crippen LogP contribution in [0.25, 0.3) is 6.08 Å². The molecule has 7 nitrogen and oxygen atoms in total. The molecule has 0 unspecified atom stereocenters. The van der Waals surface area contributed by atoms with Crippen LogP contribution in [0.2, 0.25) is 0 Å². The van der Waals surface area contributed by atoms with E-state index in [0.717, 1.165) is 12.1 Å². The summed E-state index contributed by atoms with van der Waals surface area (Å²) in [7, 11) is 1.53. The molecule has 1 aliphatic rings. The predicted molar refractivity (Wildman–Crippen MR) is 114 cm³/mol. The summed E-state index contributed by atoms with van der Waals surface area (Å²) >= 11 is 0. The third-order valence-corrected chi connectivity index (χ3v) is 5.05. The number of alkyl halides is 4. The molecule has 3 rings (SSSR count). The standard InChI is InChI=1S/C23H22F4N2O5/c1-32-17-6-3-16(4-7-17)21(31)29-12-10-28(11-13-29)20(30)9-5-15-2-8-18(33-22(24)25)14-19(15)34-23(26)27/h2-9,14,22-23H,10-13H2,1H3/b9-5+. The summed E-state index contributed by atoms with van der Waals surface area (Å²) in [5.74, 6) is -0.687. The molecule has 1 heterocycles. The van der Waals surface area contributed by atoms with Crippen LogP contribution in [0.5, 0.6) is 17.2 Å². The van der Waals surface area contributed by atoms with Crippen molar-refractivity contribution in [3.05, 3.63) is 59.7 Å². The highest BCUT2D eigenvalue weighted by Gasteiger charge is 2.24. The highest BCUT2D eigenvalue weighted by atomic mass is 19.3. The number of carbonyl (C=O) groups is 2. The van der Waals surface area contributed by atoms with Gasteiger partial charge < -0.3 is 24.0 Å². The third-order valence-electron chi connectivity index (χ3n) is 5.05. The van der Waals surface area contributed by atoms with Crippen molar-refractivity contribution < 1.29 is 41.4 Å². The van der Waals surface area contributed by atoms with Gasteiger partial charge >= 0.3 is 13.2 Å². The molecule has 1 saturated heterocycles. The molecule has 0 atom stereocenters. The maximum absolute atomic E-state index is 12.7. The molecule has 0 aromatic heterocycles. The first-order valence-corrected chi connectivity index (χ1v) is 10.2. The maximum Gasteiger partial charge on any atom is 0.387 e. The van der Waals surface area contributed by atoms with E-state index in [1.54, 1.807) is 29.2 Å². The van der Waals surface area contributed by atoms with Crippen LogP contribution in [0.4, 0.5) is 17.6 Å². The van der Waals surface area contributed by atoms with Gasteiger partial charge in [0, 0.05) is 49.4 Å². The Kier molecular flexibility index (Phi) is 8.34. The first-order chi connectivity index (χ1) is 16.3. The van der Waals surface area contributed by atoms with E-state index in [0.29, 0.717) is 24.4 Å². The summed E-state index contributed by atoms with van der Waals surface area (Å²) in [6, 6.07) is 9.98. The average molecular weight is 482 g/mol. The van der Waals surface area contributed by atoms with Crippen LogP contribution in [-0.2, 0) is 4.79 Å². The number of nitrogens with zero attached hydrogens (tertiary/aromatic N) is 2. The first kappa shape index (κ1) is 24.9. The number of hydrogen-bond acceptors (Lipinski definition) is 5. The average Bonchev–Trinajstić information content (AvgIpc) is 2.82. The number of carbonyl (C=O) groups excluding carboxylic acids is 2. The number of benzene rings is 2. The van der Waals surface area contributed by atoms with Crippen LogP contribution in [0.15, 0.2) is 48.5 Å². The zero-order valence-electron chi connectivity index (χ0n) is 18.1. The van der Waals surface area contributed by atoms with E-state index in [2.05, 4.69) is 9.47 Å². The van der Waals surface area contributed by atoms with Gasteiger partial charge in [0.2, 0.25) is 5.91 Å². The van der Waals surface area contributed by atoms with Crippen molar-refractivity contribution in [3.63, 3.8) is 0 Å². The minimum Gasteiger partial charge on any atom is -0.497 e. The monoisotopic (exact) mass is 482 g/mol. The number of rotatable bonds is 8. The van der Waals surface area contributed by atoms with E-state index in [1.807, 2.05) is 0 Å². The minimum absolute atomic E-state index is 0.0867. The SMILES string of the molecule is COc1ccc(C(=O)N2CCN(C(=O)/C=C/c3ccc(OC(F)F)cc3OC(F)F)CC2)cc1.